The average Bonchev–Trinajstić information content (AvgIpc) is 1.85. The molecular weight excluding hydrogens is 136 g/mol. The van der Waals surface area contributed by atoms with Gasteiger partial charge in [0.05, 0.1) is 13.1 Å². The van der Waals surface area contributed by atoms with Crippen LogP contribution in [-0.2, 0) is 0 Å². The molecule has 4 N–H and O–H groups in total. The number of hydrogen-bond acceptors (Lipinski definition) is 1. The van der Waals surface area contributed by atoms with Gasteiger partial charge in [-0.05, 0) is 39.0 Å². The number of piperidine rings is 1. The summed E-state index contributed by atoms with van der Waals surface area (Å²) in [6, 6.07) is 0. The maximum Gasteiger partial charge on any atom is 0.0758 e. The minimum absolute atomic E-state index is 0.0437. The minimum atomic E-state index is 0.0437. The summed E-state index contributed by atoms with van der Waals surface area (Å²) in [7, 11) is 0. The van der Waals surface area contributed by atoms with E-state index in [9.17, 15) is 0 Å². The molecule has 2 nitrogen and oxygen atoms in total. The van der Waals surface area contributed by atoms with Gasteiger partial charge < -0.3 is 11.1 Å². The summed E-state index contributed by atoms with van der Waals surface area (Å²) in [4.78, 5) is 0. The van der Waals surface area contributed by atoms with Crippen molar-refractivity contribution in [3.63, 3.8) is 0 Å². The third kappa shape index (κ3) is 3.73. The molecule has 66 valence electrons. The van der Waals surface area contributed by atoms with Crippen molar-refractivity contribution in [1.29, 1.82) is 0 Å². The van der Waals surface area contributed by atoms with Crippen molar-refractivity contribution in [3.05, 3.63) is 0 Å². The predicted octanol–water partition coefficient (Wildman–Crippen LogP) is 0.0872. The van der Waals surface area contributed by atoms with Crippen molar-refractivity contribution in [2.24, 2.45) is 11.7 Å². The Kier molecular flexibility index (Phi) is 2.90. The Labute approximate surface area is 69.5 Å². The van der Waals surface area contributed by atoms with E-state index in [2.05, 4.69) is 19.2 Å². The van der Waals surface area contributed by atoms with Crippen molar-refractivity contribution in [2.75, 3.05) is 13.1 Å². The second kappa shape index (κ2) is 3.55. The zero-order valence-corrected chi connectivity index (χ0v) is 7.77. The summed E-state index contributed by atoms with van der Waals surface area (Å²) >= 11 is 0. The highest BCUT2D eigenvalue weighted by Gasteiger charge is 2.21. The van der Waals surface area contributed by atoms with Gasteiger partial charge in [-0.2, -0.15) is 0 Å². The molecule has 0 aromatic carbocycles. The molecular formula is C9H21N2+. The summed E-state index contributed by atoms with van der Waals surface area (Å²) < 4.78 is 0. The molecule has 0 atom stereocenters. The summed E-state index contributed by atoms with van der Waals surface area (Å²) in [5, 5.41) is 2.40. The molecule has 0 saturated carbocycles. The van der Waals surface area contributed by atoms with Gasteiger partial charge in [-0.1, -0.05) is 0 Å². The molecule has 0 unspecified atom stereocenters. The first kappa shape index (κ1) is 9.01. The van der Waals surface area contributed by atoms with Crippen LogP contribution in [-0.4, -0.2) is 18.6 Å². The fourth-order valence-electron chi connectivity index (χ4n) is 1.94. The van der Waals surface area contributed by atoms with Crippen LogP contribution in [0.5, 0.6) is 0 Å². The molecule has 11 heavy (non-hydrogen) atoms. The fraction of sp³-hybridized carbons (Fsp3) is 1.00. The first-order valence-corrected chi connectivity index (χ1v) is 4.68. The van der Waals surface area contributed by atoms with Crippen molar-refractivity contribution >= 4 is 0 Å². The Morgan fingerprint density at radius 3 is 2.36 bits per heavy atom. The number of rotatable bonds is 2. The number of nitrogens with two attached hydrogens (primary N) is 2. The zero-order chi connectivity index (χ0) is 8.32. The molecule has 0 amide bonds. The van der Waals surface area contributed by atoms with Gasteiger partial charge >= 0.3 is 0 Å². The third-order valence-corrected chi connectivity index (χ3v) is 2.37. The van der Waals surface area contributed by atoms with Crippen LogP contribution in [0.2, 0.25) is 0 Å². The van der Waals surface area contributed by atoms with Gasteiger partial charge in [0.2, 0.25) is 0 Å². The van der Waals surface area contributed by atoms with Gasteiger partial charge in [-0.3, -0.25) is 0 Å². The van der Waals surface area contributed by atoms with E-state index in [4.69, 9.17) is 5.73 Å². The van der Waals surface area contributed by atoms with E-state index in [1.807, 2.05) is 0 Å². The van der Waals surface area contributed by atoms with Gasteiger partial charge in [0, 0.05) is 5.54 Å². The molecule has 0 spiro atoms. The standard InChI is InChI=1S/C9H20N2/c1-9(2,10)7-8-3-5-11-6-4-8/h8,11H,3-7,10H2,1-2H3/p+1. The van der Waals surface area contributed by atoms with Crippen LogP contribution in [0.15, 0.2) is 0 Å². The molecule has 1 rings (SSSR count). The molecule has 2 heteroatoms. The van der Waals surface area contributed by atoms with E-state index in [0.29, 0.717) is 0 Å². The lowest BCUT2D eigenvalue weighted by Crippen LogP contribution is -2.86. The minimum Gasteiger partial charge on any atom is -0.346 e. The Hall–Kier alpha value is -0.0800. The lowest BCUT2D eigenvalue weighted by molar-refractivity contribution is -0.665. The second-order valence-electron chi connectivity index (χ2n) is 4.50. The lowest BCUT2D eigenvalue weighted by Gasteiger charge is -2.27. The maximum absolute atomic E-state index is 5.96. The Morgan fingerprint density at radius 1 is 1.36 bits per heavy atom. The molecule has 1 fully saturated rings. The Balaban J connectivity index is 2.24. The van der Waals surface area contributed by atoms with Crippen molar-refractivity contribution in [1.82, 2.24) is 0 Å². The average molecular weight is 157 g/mol. The van der Waals surface area contributed by atoms with Crippen LogP contribution >= 0.6 is 0 Å². The van der Waals surface area contributed by atoms with Gasteiger partial charge in [-0.15, -0.1) is 0 Å². The van der Waals surface area contributed by atoms with E-state index >= 15 is 0 Å². The molecule has 0 aromatic heterocycles. The number of hydrogen-bond donors (Lipinski definition) is 2. The highest BCUT2D eigenvalue weighted by molar-refractivity contribution is 4.77. The molecule has 1 saturated heterocycles. The molecule has 0 aliphatic carbocycles. The van der Waals surface area contributed by atoms with E-state index in [1.54, 1.807) is 0 Å². The fourth-order valence-corrected chi connectivity index (χ4v) is 1.94. The third-order valence-electron chi connectivity index (χ3n) is 2.37. The molecule has 0 bridgehead atoms. The molecule has 1 heterocycles. The smallest absolute Gasteiger partial charge is 0.0758 e. The van der Waals surface area contributed by atoms with Crippen LogP contribution in [0, 0.1) is 5.92 Å². The molecule has 0 radical (unpaired) electrons. The van der Waals surface area contributed by atoms with Crippen molar-refractivity contribution < 1.29 is 5.32 Å². The Morgan fingerprint density at radius 2 is 1.91 bits per heavy atom. The van der Waals surface area contributed by atoms with Crippen LogP contribution in [0.25, 0.3) is 0 Å². The van der Waals surface area contributed by atoms with Gasteiger partial charge in [0.1, 0.15) is 0 Å². The predicted molar refractivity (Wildman–Crippen MR) is 47.3 cm³/mol. The molecule has 1 aliphatic heterocycles. The largest absolute Gasteiger partial charge is 0.346 e. The molecule has 1 aliphatic rings. The zero-order valence-electron chi connectivity index (χ0n) is 7.77. The van der Waals surface area contributed by atoms with E-state index < -0.39 is 0 Å². The monoisotopic (exact) mass is 157 g/mol. The first-order valence-electron chi connectivity index (χ1n) is 4.68. The van der Waals surface area contributed by atoms with Crippen LogP contribution < -0.4 is 11.1 Å². The lowest BCUT2D eigenvalue weighted by atomic mass is 9.86. The van der Waals surface area contributed by atoms with Crippen molar-refractivity contribution in [3.8, 4) is 0 Å². The van der Waals surface area contributed by atoms with E-state index in [0.717, 1.165) is 5.92 Å². The topological polar surface area (TPSA) is 42.6 Å². The normalized spacial score (nSPS) is 22.1. The second-order valence-corrected chi connectivity index (χ2v) is 4.50. The van der Waals surface area contributed by atoms with Crippen LogP contribution in [0.4, 0.5) is 0 Å². The van der Waals surface area contributed by atoms with E-state index in [-0.39, 0.29) is 5.54 Å². The Bertz CT molecular complexity index is 109. The highest BCUT2D eigenvalue weighted by Crippen LogP contribution is 2.20. The van der Waals surface area contributed by atoms with Gasteiger partial charge in [0.15, 0.2) is 0 Å². The van der Waals surface area contributed by atoms with Gasteiger partial charge in [0.25, 0.3) is 0 Å². The maximum atomic E-state index is 5.96. The van der Waals surface area contributed by atoms with Crippen LogP contribution in [0.3, 0.4) is 0 Å². The van der Waals surface area contributed by atoms with Gasteiger partial charge in [-0.25, -0.2) is 0 Å². The summed E-state index contributed by atoms with van der Waals surface area (Å²) in [5.41, 5.74) is 6.00. The summed E-state index contributed by atoms with van der Waals surface area (Å²) in [5.74, 6) is 0.889. The van der Waals surface area contributed by atoms with Crippen LogP contribution in [0.1, 0.15) is 33.1 Å². The number of quaternary nitrogens is 1. The van der Waals surface area contributed by atoms with Crippen molar-refractivity contribution in [2.45, 2.75) is 38.6 Å². The summed E-state index contributed by atoms with van der Waals surface area (Å²) in [6.07, 6.45) is 3.92. The summed E-state index contributed by atoms with van der Waals surface area (Å²) in [6.45, 7) is 6.87. The SMILES string of the molecule is CC(C)(N)CC1CC[NH2+]CC1. The molecule has 0 aromatic rings. The highest BCUT2D eigenvalue weighted by atomic mass is 14.9. The first-order chi connectivity index (χ1) is 5.08. The van der Waals surface area contributed by atoms with E-state index in [1.165, 1.54) is 32.4 Å². The quantitative estimate of drug-likeness (QED) is 0.586.